The molecule has 1 atom stereocenters. The summed E-state index contributed by atoms with van der Waals surface area (Å²) in [6.45, 7) is 1.49. The van der Waals surface area contributed by atoms with Gasteiger partial charge in [0.2, 0.25) is 0 Å². The van der Waals surface area contributed by atoms with E-state index in [0.717, 1.165) is 12.1 Å². The third kappa shape index (κ3) is 4.57. The van der Waals surface area contributed by atoms with Gasteiger partial charge in [-0.2, -0.15) is 13.2 Å². The third-order valence-corrected chi connectivity index (χ3v) is 4.74. The maximum atomic E-state index is 13.3. The molecule has 0 radical (unpaired) electrons. The Balaban J connectivity index is 2.05. The molecule has 0 bridgehead atoms. The van der Waals surface area contributed by atoms with Crippen LogP contribution < -0.4 is 25.4 Å². The van der Waals surface area contributed by atoms with Gasteiger partial charge in [0.15, 0.2) is 0 Å². The molecule has 0 saturated carbocycles. The van der Waals surface area contributed by atoms with Crippen molar-refractivity contribution in [1.82, 2.24) is 10.6 Å². The van der Waals surface area contributed by atoms with Crippen LogP contribution in [0, 0.1) is 0 Å². The summed E-state index contributed by atoms with van der Waals surface area (Å²) in [5.74, 6) is 0.00164. The van der Waals surface area contributed by atoms with Gasteiger partial charge in [0, 0.05) is 11.3 Å². The number of benzene rings is 2. The van der Waals surface area contributed by atoms with E-state index in [0.29, 0.717) is 17.1 Å². The molecule has 1 aliphatic heterocycles. The van der Waals surface area contributed by atoms with Crippen molar-refractivity contribution in [2.24, 2.45) is 0 Å². The molecule has 0 aromatic heterocycles. The second-order valence-electron chi connectivity index (χ2n) is 6.68. The van der Waals surface area contributed by atoms with E-state index in [4.69, 9.17) is 9.47 Å². The number of hydrogen-bond donors (Lipinski definition) is 3. The van der Waals surface area contributed by atoms with Crippen molar-refractivity contribution < 1.29 is 32.2 Å². The Bertz CT molecular complexity index is 1050. The SMILES string of the molecule is COc1ccc(OC)c([C@H]2NC(=O)NC(C)=C2C(=O)Nc2ccccc2C(F)(F)F)c1. The molecule has 2 aromatic carbocycles. The van der Waals surface area contributed by atoms with Gasteiger partial charge in [-0.25, -0.2) is 4.79 Å². The number of hydrogen-bond acceptors (Lipinski definition) is 4. The summed E-state index contributed by atoms with van der Waals surface area (Å²) in [5, 5.41) is 7.42. The molecule has 0 unspecified atom stereocenters. The number of urea groups is 1. The molecule has 3 rings (SSSR count). The summed E-state index contributed by atoms with van der Waals surface area (Å²) in [5.41, 5.74) is -0.743. The van der Waals surface area contributed by atoms with Crippen LogP contribution in [-0.4, -0.2) is 26.2 Å². The second kappa shape index (κ2) is 8.58. The van der Waals surface area contributed by atoms with Crippen molar-refractivity contribution in [2.45, 2.75) is 19.1 Å². The quantitative estimate of drug-likeness (QED) is 0.663. The predicted octanol–water partition coefficient (Wildman–Crippen LogP) is 3.99. The first-order valence-corrected chi connectivity index (χ1v) is 9.13. The molecule has 164 valence electrons. The van der Waals surface area contributed by atoms with Gasteiger partial charge in [0.1, 0.15) is 11.5 Å². The summed E-state index contributed by atoms with van der Waals surface area (Å²) in [7, 11) is 2.87. The molecule has 10 heteroatoms. The fraction of sp³-hybridized carbons (Fsp3) is 0.238. The van der Waals surface area contributed by atoms with Gasteiger partial charge in [0.25, 0.3) is 5.91 Å². The number of amides is 3. The minimum atomic E-state index is -4.65. The highest BCUT2D eigenvalue weighted by Gasteiger charge is 2.36. The highest BCUT2D eigenvalue weighted by atomic mass is 19.4. The maximum absolute atomic E-state index is 13.3. The molecule has 3 amide bonds. The number of methoxy groups -OCH3 is 2. The van der Waals surface area contributed by atoms with E-state index < -0.39 is 35.4 Å². The molecule has 31 heavy (non-hydrogen) atoms. The fourth-order valence-corrected chi connectivity index (χ4v) is 3.32. The summed E-state index contributed by atoms with van der Waals surface area (Å²) in [6, 6.07) is 7.92. The first-order chi connectivity index (χ1) is 14.7. The van der Waals surface area contributed by atoms with Gasteiger partial charge in [-0.3, -0.25) is 4.79 Å². The number of alkyl halides is 3. The smallest absolute Gasteiger partial charge is 0.418 e. The van der Waals surface area contributed by atoms with E-state index in [9.17, 15) is 22.8 Å². The van der Waals surface area contributed by atoms with Crippen LogP contribution in [0.3, 0.4) is 0 Å². The Labute approximate surface area is 176 Å². The van der Waals surface area contributed by atoms with Crippen LogP contribution in [0.15, 0.2) is 53.7 Å². The lowest BCUT2D eigenvalue weighted by molar-refractivity contribution is -0.137. The Morgan fingerprint density at radius 3 is 2.45 bits per heavy atom. The van der Waals surface area contributed by atoms with Crippen molar-refractivity contribution in [3.63, 3.8) is 0 Å². The number of nitrogens with one attached hydrogen (secondary N) is 3. The minimum absolute atomic E-state index is 0.0307. The Morgan fingerprint density at radius 2 is 1.81 bits per heavy atom. The summed E-state index contributed by atoms with van der Waals surface area (Å²) in [4.78, 5) is 25.2. The van der Waals surface area contributed by atoms with Crippen LogP contribution in [0.2, 0.25) is 0 Å². The van der Waals surface area contributed by atoms with E-state index in [1.54, 1.807) is 18.2 Å². The number of ether oxygens (including phenoxy) is 2. The lowest BCUT2D eigenvalue weighted by atomic mass is 9.93. The lowest BCUT2D eigenvalue weighted by Gasteiger charge is -2.30. The fourth-order valence-electron chi connectivity index (χ4n) is 3.32. The molecular weight excluding hydrogens is 415 g/mol. The standard InChI is InChI=1S/C21H20F3N3O4/c1-11-17(19(28)26-15-7-5-4-6-14(15)21(22,23)24)18(27-20(29)25-11)13-10-12(30-2)8-9-16(13)31-3/h4-10,18H,1-3H3,(H,26,28)(H2,25,27,29)/t18-/m1/s1. The zero-order chi connectivity index (χ0) is 22.8. The van der Waals surface area contributed by atoms with E-state index in [1.165, 1.54) is 33.3 Å². The van der Waals surface area contributed by atoms with E-state index in [2.05, 4.69) is 16.0 Å². The van der Waals surface area contributed by atoms with Gasteiger partial charge in [-0.1, -0.05) is 12.1 Å². The van der Waals surface area contributed by atoms with Crippen LogP contribution in [0.4, 0.5) is 23.7 Å². The molecule has 3 N–H and O–H groups in total. The summed E-state index contributed by atoms with van der Waals surface area (Å²) >= 11 is 0. The zero-order valence-electron chi connectivity index (χ0n) is 16.9. The molecular formula is C21H20F3N3O4. The first kappa shape index (κ1) is 22.0. The number of carbonyl (C=O) groups excluding carboxylic acids is 2. The van der Waals surface area contributed by atoms with Gasteiger partial charge in [-0.05, 0) is 37.3 Å². The van der Waals surface area contributed by atoms with E-state index >= 15 is 0 Å². The highest BCUT2D eigenvalue weighted by molar-refractivity contribution is 6.07. The average molecular weight is 435 g/mol. The molecule has 2 aromatic rings. The monoisotopic (exact) mass is 435 g/mol. The van der Waals surface area contributed by atoms with E-state index in [1.807, 2.05) is 0 Å². The molecule has 1 aliphatic rings. The predicted molar refractivity (Wildman–Crippen MR) is 107 cm³/mol. The van der Waals surface area contributed by atoms with Crippen molar-refractivity contribution >= 4 is 17.6 Å². The van der Waals surface area contributed by atoms with Crippen molar-refractivity contribution in [2.75, 3.05) is 19.5 Å². The molecule has 0 spiro atoms. The number of rotatable bonds is 5. The van der Waals surface area contributed by atoms with Crippen LogP contribution in [0.25, 0.3) is 0 Å². The van der Waals surface area contributed by atoms with Gasteiger partial charge < -0.3 is 25.4 Å². The molecule has 0 aliphatic carbocycles. The van der Waals surface area contributed by atoms with E-state index in [-0.39, 0.29) is 11.3 Å². The maximum Gasteiger partial charge on any atom is 0.418 e. The Hall–Kier alpha value is -3.69. The van der Waals surface area contributed by atoms with Crippen LogP contribution in [0.1, 0.15) is 24.1 Å². The molecule has 0 saturated heterocycles. The largest absolute Gasteiger partial charge is 0.497 e. The van der Waals surface area contributed by atoms with Crippen LogP contribution in [-0.2, 0) is 11.0 Å². The third-order valence-electron chi connectivity index (χ3n) is 4.74. The number of halogens is 3. The first-order valence-electron chi connectivity index (χ1n) is 9.13. The normalized spacial score (nSPS) is 16.3. The van der Waals surface area contributed by atoms with Crippen molar-refractivity contribution in [1.29, 1.82) is 0 Å². The van der Waals surface area contributed by atoms with Gasteiger partial charge in [0.05, 0.1) is 37.1 Å². The Kier molecular flexibility index (Phi) is 6.09. The molecule has 7 nitrogen and oxygen atoms in total. The summed E-state index contributed by atoms with van der Waals surface area (Å²) in [6.07, 6.45) is -4.65. The van der Waals surface area contributed by atoms with Crippen LogP contribution >= 0.6 is 0 Å². The topological polar surface area (TPSA) is 88.7 Å². The zero-order valence-corrected chi connectivity index (χ0v) is 16.9. The van der Waals surface area contributed by atoms with Gasteiger partial charge in [-0.15, -0.1) is 0 Å². The Morgan fingerprint density at radius 1 is 1.10 bits per heavy atom. The number of allylic oxidation sites excluding steroid dienone is 1. The second-order valence-corrected chi connectivity index (χ2v) is 6.68. The number of carbonyl (C=O) groups is 2. The lowest BCUT2D eigenvalue weighted by Crippen LogP contribution is -2.46. The number of para-hydroxylation sites is 1. The molecule has 0 fully saturated rings. The van der Waals surface area contributed by atoms with Crippen molar-refractivity contribution in [3.05, 3.63) is 64.9 Å². The average Bonchev–Trinajstić information content (AvgIpc) is 2.72. The highest BCUT2D eigenvalue weighted by Crippen LogP contribution is 2.38. The van der Waals surface area contributed by atoms with Gasteiger partial charge >= 0.3 is 12.2 Å². The molecule has 1 heterocycles. The van der Waals surface area contributed by atoms with Crippen molar-refractivity contribution in [3.8, 4) is 11.5 Å². The van der Waals surface area contributed by atoms with Crippen LogP contribution in [0.5, 0.6) is 11.5 Å². The minimum Gasteiger partial charge on any atom is -0.497 e. The summed E-state index contributed by atoms with van der Waals surface area (Å²) < 4.78 is 50.6. The number of anilines is 1.